The van der Waals surface area contributed by atoms with Crippen molar-refractivity contribution < 1.29 is 4.74 Å². The number of rotatable bonds is 5. The summed E-state index contributed by atoms with van der Waals surface area (Å²) < 4.78 is 7.08. The minimum Gasteiger partial charge on any atom is -0.484 e. The Morgan fingerprint density at radius 2 is 1.90 bits per heavy atom. The van der Waals surface area contributed by atoms with Gasteiger partial charge in [0.05, 0.1) is 0 Å². The zero-order valence-electron chi connectivity index (χ0n) is 11.2. The standard InChI is InChI=1S/C16H17BrClNO/c1-2-15(19)16(11-4-3-5-13(18)10-11)20-14-8-6-12(17)7-9-14/h3-10,15-16H,2,19H2,1H3. The van der Waals surface area contributed by atoms with Gasteiger partial charge >= 0.3 is 0 Å². The van der Waals surface area contributed by atoms with E-state index in [-0.39, 0.29) is 12.1 Å². The topological polar surface area (TPSA) is 35.2 Å². The molecule has 0 aliphatic carbocycles. The largest absolute Gasteiger partial charge is 0.484 e. The molecule has 0 bridgehead atoms. The molecule has 0 aromatic heterocycles. The molecule has 0 radical (unpaired) electrons. The monoisotopic (exact) mass is 353 g/mol. The molecule has 2 atom stereocenters. The Morgan fingerprint density at radius 1 is 1.20 bits per heavy atom. The normalized spacial score (nSPS) is 13.8. The molecule has 0 heterocycles. The van der Waals surface area contributed by atoms with Crippen LogP contribution in [0.5, 0.6) is 5.75 Å². The average Bonchev–Trinajstić information content (AvgIpc) is 2.46. The summed E-state index contributed by atoms with van der Waals surface area (Å²) in [5, 5.41) is 0.690. The Bertz CT molecular complexity index is 559. The van der Waals surface area contributed by atoms with Gasteiger partial charge in [0.1, 0.15) is 11.9 Å². The highest BCUT2D eigenvalue weighted by Gasteiger charge is 2.20. The molecule has 4 heteroatoms. The maximum absolute atomic E-state index is 6.20. The Hall–Kier alpha value is -1.03. The molecule has 2 N–H and O–H groups in total. The van der Waals surface area contributed by atoms with Crippen molar-refractivity contribution in [2.75, 3.05) is 0 Å². The second kappa shape index (κ2) is 7.11. The first-order valence-corrected chi connectivity index (χ1v) is 7.70. The maximum atomic E-state index is 6.20. The van der Waals surface area contributed by atoms with E-state index in [0.717, 1.165) is 22.2 Å². The van der Waals surface area contributed by atoms with E-state index >= 15 is 0 Å². The molecular weight excluding hydrogens is 338 g/mol. The molecule has 20 heavy (non-hydrogen) atoms. The fourth-order valence-electron chi connectivity index (χ4n) is 1.96. The zero-order chi connectivity index (χ0) is 14.5. The van der Waals surface area contributed by atoms with Crippen molar-refractivity contribution in [2.24, 2.45) is 5.73 Å². The van der Waals surface area contributed by atoms with Gasteiger partial charge in [0.15, 0.2) is 0 Å². The van der Waals surface area contributed by atoms with Crippen molar-refractivity contribution in [3.63, 3.8) is 0 Å². The highest BCUT2D eigenvalue weighted by Crippen LogP contribution is 2.28. The van der Waals surface area contributed by atoms with Gasteiger partial charge in [-0.1, -0.05) is 46.6 Å². The van der Waals surface area contributed by atoms with E-state index < -0.39 is 0 Å². The van der Waals surface area contributed by atoms with Crippen molar-refractivity contribution in [3.8, 4) is 5.75 Å². The molecule has 106 valence electrons. The van der Waals surface area contributed by atoms with Crippen LogP contribution in [0.15, 0.2) is 53.0 Å². The predicted molar refractivity (Wildman–Crippen MR) is 87.2 cm³/mol. The van der Waals surface area contributed by atoms with Crippen molar-refractivity contribution in [2.45, 2.75) is 25.5 Å². The van der Waals surface area contributed by atoms with Crippen LogP contribution in [-0.4, -0.2) is 6.04 Å². The fourth-order valence-corrected chi connectivity index (χ4v) is 2.42. The van der Waals surface area contributed by atoms with Gasteiger partial charge in [0.2, 0.25) is 0 Å². The van der Waals surface area contributed by atoms with Gasteiger partial charge < -0.3 is 10.5 Å². The highest BCUT2D eigenvalue weighted by molar-refractivity contribution is 9.10. The summed E-state index contributed by atoms with van der Waals surface area (Å²) in [4.78, 5) is 0. The molecule has 2 nitrogen and oxygen atoms in total. The van der Waals surface area contributed by atoms with Crippen molar-refractivity contribution in [3.05, 3.63) is 63.6 Å². The van der Waals surface area contributed by atoms with E-state index in [1.807, 2.05) is 55.5 Å². The van der Waals surface area contributed by atoms with Crippen LogP contribution < -0.4 is 10.5 Å². The van der Waals surface area contributed by atoms with Gasteiger partial charge in [0.25, 0.3) is 0 Å². The van der Waals surface area contributed by atoms with Crippen molar-refractivity contribution >= 4 is 27.5 Å². The Labute approximate surface area is 133 Å². The lowest BCUT2D eigenvalue weighted by Gasteiger charge is -2.25. The smallest absolute Gasteiger partial charge is 0.139 e. The third-order valence-corrected chi connectivity index (χ3v) is 3.88. The van der Waals surface area contributed by atoms with Crippen molar-refractivity contribution in [1.29, 1.82) is 0 Å². The molecule has 0 aliphatic heterocycles. The molecule has 0 fully saturated rings. The molecule has 0 saturated carbocycles. The number of hydrogen-bond donors (Lipinski definition) is 1. The van der Waals surface area contributed by atoms with Crippen LogP contribution in [0, 0.1) is 0 Å². The van der Waals surface area contributed by atoms with Crippen LogP contribution in [0.4, 0.5) is 0 Å². The predicted octanol–water partition coefficient (Wildman–Crippen LogP) is 4.96. The Balaban J connectivity index is 2.26. The van der Waals surface area contributed by atoms with Gasteiger partial charge in [-0.15, -0.1) is 0 Å². The lowest BCUT2D eigenvalue weighted by molar-refractivity contribution is 0.171. The fraction of sp³-hybridized carbons (Fsp3) is 0.250. The minimum absolute atomic E-state index is 0.0860. The summed E-state index contributed by atoms with van der Waals surface area (Å²) >= 11 is 9.47. The molecule has 2 aromatic rings. The molecular formula is C16H17BrClNO. The summed E-state index contributed by atoms with van der Waals surface area (Å²) in [6.07, 6.45) is 0.619. The molecule has 0 aliphatic rings. The Morgan fingerprint density at radius 3 is 2.50 bits per heavy atom. The lowest BCUT2D eigenvalue weighted by Crippen LogP contribution is -2.31. The molecule has 2 unspecified atom stereocenters. The highest BCUT2D eigenvalue weighted by atomic mass is 79.9. The van der Waals surface area contributed by atoms with E-state index in [1.165, 1.54) is 0 Å². The summed E-state index contributed by atoms with van der Waals surface area (Å²) in [7, 11) is 0. The molecule has 2 aromatic carbocycles. The second-order valence-electron chi connectivity index (χ2n) is 4.62. The van der Waals surface area contributed by atoms with Gasteiger partial charge in [-0.2, -0.15) is 0 Å². The summed E-state index contributed by atoms with van der Waals surface area (Å²) in [5.41, 5.74) is 7.19. The van der Waals surface area contributed by atoms with E-state index in [4.69, 9.17) is 22.1 Å². The van der Waals surface area contributed by atoms with E-state index in [2.05, 4.69) is 15.9 Å². The zero-order valence-corrected chi connectivity index (χ0v) is 13.6. The van der Waals surface area contributed by atoms with E-state index in [0.29, 0.717) is 5.02 Å². The van der Waals surface area contributed by atoms with Crippen LogP contribution in [0.2, 0.25) is 5.02 Å². The third kappa shape index (κ3) is 3.98. The first-order valence-electron chi connectivity index (χ1n) is 6.53. The first kappa shape index (κ1) is 15.4. The van der Waals surface area contributed by atoms with Crippen LogP contribution in [0.3, 0.4) is 0 Å². The molecule has 2 rings (SSSR count). The van der Waals surface area contributed by atoms with Crippen LogP contribution in [-0.2, 0) is 0 Å². The Kier molecular flexibility index (Phi) is 5.46. The molecule has 0 amide bonds. The molecule has 0 saturated heterocycles. The number of nitrogens with two attached hydrogens (primary N) is 1. The second-order valence-corrected chi connectivity index (χ2v) is 5.97. The minimum atomic E-state index is -0.208. The first-order chi connectivity index (χ1) is 9.60. The third-order valence-electron chi connectivity index (χ3n) is 3.11. The van der Waals surface area contributed by atoms with Gasteiger partial charge in [-0.05, 0) is 48.4 Å². The number of benzene rings is 2. The number of hydrogen-bond acceptors (Lipinski definition) is 2. The quantitative estimate of drug-likeness (QED) is 0.823. The van der Waals surface area contributed by atoms with Crippen LogP contribution >= 0.6 is 27.5 Å². The lowest BCUT2D eigenvalue weighted by atomic mass is 10.0. The summed E-state index contributed by atoms with van der Waals surface area (Å²) in [6, 6.07) is 15.3. The number of ether oxygens (including phenoxy) is 1. The van der Waals surface area contributed by atoms with Crippen LogP contribution in [0.1, 0.15) is 25.0 Å². The van der Waals surface area contributed by atoms with Gasteiger partial charge in [-0.25, -0.2) is 0 Å². The SMILES string of the molecule is CCC(N)C(Oc1ccc(Br)cc1)c1cccc(Cl)c1. The van der Waals surface area contributed by atoms with E-state index in [1.54, 1.807) is 0 Å². The summed E-state index contributed by atoms with van der Waals surface area (Å²) in [5.74, 6) is 0.794. The van der Waals surface area contributed by atoms with Gasteiger partial charge in [0, 0.05) is 15.5 Å². The van der Waals surface area contributed by atoms with Gasteiger partial charge in [-0.3, -0.25) is 0 Å². The van der Waals surface area contributed by atoms with Crippen molar-refractivity contribution in [1.82, 2.24) is 0 Å². The average molecular weight is 355 g/mol. The number of halogens is 2. The summed E-state index contributed by atoms with van der Waals surface area (Å²) in [6.45, 7) is 2.05. The van der Waals surface area contributed by atoms with E-state index in [9.17, 15) is 0 Å². The maximum Gasteiger partial charge on any atom is 0.139 e. The van der Waals surface area contributed by atoms with Crippen LogP contribution in [0.25, 0.3) is 0 Å². The molecule has 0 spiro atoms.